The third-order valence-electron chi connectivity index (χ3n) is 4.32. The normalized spacial score (nSPS) is 14.6. The molecular weight excluding hydrogens is 390 g/mol. The van der Waals surface area contributed by atoms with Crippen LogP contribution in [-0.4, -0.2) is 13.0 Å². The second kappa shape index (κ2) is 6.81. The summed E-state index contributed by atoms with van der Waals surface area (Å²) in [5, 5.41) is 0. The molecule has 4 heteroatoms. The molecule has 0 saturated heterocycles. The molecule has 0 radical (unpaired) electrons. The molecule has 0 fully saturated rings. The average Bonchev–Trinajstić information content (AvgIpc) is 2.88. The van der Waals surface area contributed by atoms with Gasteiger partial charge < -0.3 is 9.64 Å². The number of hydrogen-bond acceptors (Lipinski definition) is 2. The zero-order valence-corrected chi connectivity index (χ0v) is 15.7. The Bertz CT molecular complexity index is 994. The summed E-state index contributed by atoms with van der Waals surface area (Å²) in [7, 11) is 1.80. The van der Waals surface area contributed by atoms with Gasteiger partial charge in [0.05, 0.1) is 5.69 Å². The Morgan fingerprint density at radius 3 is 2.35 bits per heavy atom. The molecule has 128 valence electrons. The molecule has 4 rings (SSSR count). The summed E-state index contributed by atoms with van der Waals surface area (Å²) in [5.41, 5.74) is 3.51. The first-order chi connectivity index (χ1) is 12.6. The van der Waals surface area contributed by atoms with Crippen LogP contribution in [0.15, 0.2) is 77.3 Å². The SMILES string of the molecule is CN1C(=O)/C(=C/c2ccc(Oc3ccccc3)cc2)c2cc(Br)ccc21. The number of amides is 1. The summed E-state index contributed by atoms with van der Waals surface area (Å²) < 4.78 is 6.77. The van der Waals surface area contributed by atoms with Crippen molar-refractivity contribution in [3.8, 4) is 11.5 Å². The summed E-state index contributed by atoms with van der Waals surface area (Å²) in [6.07, 6.45) is 1.92. The molecule has 0 aliphatic carbocycles. The molecule has 1 aliphatic rings. The van der Waals surface area contributed by atoms with Crippen LogP contribution in [0.4, 0.5) is 5.69 Å². The summed E-state index contributed by atoms with van der Waals surface area (Å²) >= 11 is 3.49. The number of fused-ring (bicyclic) bond motifs is 1. The molecule has 1 amide bonds. The molecule has 0 N–H and O–H groups in total. The fraction of sp³-hybridized carbons (Fsp3) is 0.0455. The minimum atomic E-state index is 0.00251. The standard InChI is InChI=1S/C22H16BrNO2/c1-24-21-12-9-16(23)14-19(21)20(22(24)25)13-15-7-10-18(11-8-15)26-17-5-3-2-4-6-17/h2-14H,1H3/b20-13+. The van der Waals surface area contributed by atoms with Crippen molar-refractivity contribution in [2.45, 2.75) is 0 Å². The van der Waals surface area contributed by atoms with Crippen molar-refractivity contribution in [1.82, 2.24) is 0 Å². The van der Waals surface area contributed by atoms with E-state index < -0.39 is 0 Å². The molecular formula is C22H16BrNO2. The van der Waals surface area contributed by atoms with E-state index in [0.717, 1.165) is 32.8 Å². The molecule has 0 aromatic heterocycles. The van der Waals surface area contributed by atoms with Crippen molar-refractivity contribution >= 4 is 39.2 Å². The third-order valence-corrected chi connectivity index (χ3v) is 4.81. The lowest BCUT2D eigenvalue weighted by atomic mass is 10.0. The Morgan fingerprint density at radius 2 is 1.62 bits per heavy atom. The van der Waals surface area contributed by atoms with Gasteiger partial charge in [-0.1, -0.05) is 46.3 Å². The van der Waals surface area contributed by atoms with E-state index >= 15 is 0 Å². The van der Waals surface area contributed by atoms with Gasteiger partial charge in [0.15, 0.2) is 0 Å². The summed E-state index contributed by atoms with van der Waals surface area (Å²) in [4.78, 5) is 14.3. The van der Waals surface area contributed by atoms with Gasteiger partial charge >= 0.3 is 0 Å². The number of carbonyl (C=O) groups is 1. The van der Waals surface area contributed by atoms with Gasteiger partial charge in [-0.25, -0.2) is 0 Å². The highest BCUT2D eigenvalue weighted by Crippen LogP contribution is 2.38. The van der Waals surface area contributed by atoms with E-state index in [4.69, 9.17) is 4.74 Å². The first kappa shape index (κ1) is 16.6. The quantitative estimate of drug-likeness (QED) is 0.518. The lowest BCUT2D eigenvalue weighted by Gasteiger charge is -2.08. The summed E-state index contributed by atoms with van der Waals surface area (Å²) in [5.74, 6) is 1.56. The molecule has 0 atom stereocenters. The topological polar surface area (TPSA) is 29.5 Å². The fourth-order valence-corrected chi connectivity index (χ4v) is 3.35. The highest BCUT2D eigenvalue weighted by molar-refractivity contribution is 9.10. The van der Waals surface area contributed by atoms with Crippen LogP contribution in [0.5, 0.6) is 11.5 Å². The van der Waals surface area contributed by atoms with Gasteiger partial charge in [-0.3, -0.25) is 4.79 Å². The van der Waals surface area contributed by atoms with Gasteiger partial charge in [-0.05, 0) is 54.1 Å². The molecule has 26 heavy (non-hydrogen) atoms. The molecule has 0 bridgehead atoms. The van der Waals surface area contributed by atoms with Crippen molar-refractivity contribution in [2.75, 3.05) is 11.9 Å². The number of para-hydroxylation sites is 1. The number of anilines is 1. The largest absolute Gasteiger partial charge is 0.457 e. The third kappa shape index (κ3) is 3.16. The van der Waals surface area contributed by atoms with Gasteiger partial charge in [0.1, 0.15) is 11.5 Å². The lowest BCUT2D eigenvalue weighted by Crippen LogP contribution is -2.20. The van der Waals surface area contributed by atoms with Crippen molar-refractivity contribution in [2.24, 2.45) is 0 Å². The van der Waals surface area contributed by atoms with Crippen LogP contribution in [0.3, 0.4) is 0 Å². The van der Waals surface area contributed by atoms with E-state index in [1.54, 1.807) is 11.9 Å². The maximum atomic E-state index is 12.6. The van der Waals surface area contributed by atoms with Gasteiger partial charge in [-0.2, -0.15) is 0 Å². The number of hydrogen-bond donors (Lipinski definition) is 0. The Kier molecular flexibility index (Phi) is 4.35. The minimum Gasteiger partial charge on any atom is -0.457 e. The number of carbonyl (C=O) groups excluding carboxylic acids is 1. The number of rotatable bonds is 3. The smallest absolute Gasteiger partial charge is 0.258 e. The van der Waals surface area contributed by atoms with E-state index in [9.17, 15) is 4.79 Å². The summed E-state index contributed by atoms with van der Waals surface area (Å²) in [6.45, 7) is 0. The van der Waals surface area contributed by atoms with Crippen LogP contribution in [0.1, 0.15) is 11.1 Å². The first-order valence-corrected chi connectivity index (χ1v) is 9.04. The molecule has 3 nitrogen and oxygen atoms in total. The number of halogens is 1. The number of ether oxygens (including phenoxy) is 1. The van der Waals surface area contributed by atoms with Crippen LogP contribution in [-0.2, 0) is 4.79 Å². The Hall–Kier alpha value is -2.85. The minimum absolute atomic E-state index is 0.00251. The molecule has 1 aliphatic heterocycles. The number of likely N-dealkylation sites (N-methyl/N-ethyl adjacent to an activating group) is 1. The summed E-state index contributed by atoms with van der Waals surface area (Å²) in [6, 6.07) is 23.3. The van der Waals surface area contributed by atoms with Crippen molar-refractivity contribution in [3.05, 3.63) is 88.4 Å². The molecule has 0 spiro atoms. The van der Waals surface area contributed by atoms with E-state index in [0.29, 0.717) is 5.57 Å². The zero-order chi connectivity index (χ0) is 18.1. The predicted molar refractivity (Wildman–Crippen MR) is 108 cm³/mol. The molecule has 1 heterocycles. The van der Waals surface area contributed by atoms with Crippen molar-refractivity contribution < 1.29 is 9.53 Å². The second-order valence-corrected chi connectivity index (χ2v) is 6.98. The van der Waals surface area contributed by atoms with Crippen LogP contribution in [0.2, 0.25) is 0 Å². The van der Waals surface area contributed by atoms with E-state index in [2.05, 4.69) is 15.9 Å². The van der Waals surface area contributed by atoms with Crippen molar-refractivity contribution in [3.63, 3.8) is 0 Å². The van der Waals surface area contributed by atoms with Crippen LogP contribution in [0, 0.1) is 0 Å². The Morgan fingerprint density at radius 1 is 0.923 bits per heavy atom. The predicted octanol–water partition coefficient (Wildman–Crippen LogP) is 5.76. The maximum absolute atomic E-state index is 12.6. The highest BCUT2D eigenvalue weighted by atomic mass is 79.9. The molecule has 3 aromatic rings. The molecule has 3 aromatic carbocycles. The van der Waals surface area contributed by atoms with E-state index in [-0.39, 0.29) is 5.91 Å². The molecule has 0 unspecified atom stereocenters. The Labute approximate surface area is 160 Å². The van der Waals surface area contributed by atoms with E-state index in [1.165, 1.54) is 0 Å². The van der Waals surface area contributed by atoms with Gasteiger partial charge in [0.2, 0.25) is 0 Å². The number of nitrogens with zero attached hydrogens (tertiary/aromatic N) is 1. The van der Waals surface area contributed by atoms with E-state index in [1.807, 2.05) is 78.9 Å². The van der Waals surface area contributed by atoms with Gasteiger partial charge in [-0.15, -0.1) is 0 Å². The molecule has 0 saturated carbocycles. The Balaban J connectivity index is 1.63. The fourth-order valence-electron chi connectivity index (χ4n) is 2.98. The first-order valence-electron chi connectivity index (χ1n) is 8.24. The van der Waals surface area contributed by atoms with Gasteiger partial charge in [0, 0.05) is 22.7 Å². The lowest BCUT2D eigenvalue weighted by molar-refractivity contribution is -0.112. The highest BCUT2D eigenvalue weighted by Gasteiger charge is 2.29. The average molecular weight is 406 g/mol. The van der Waals surface area contributed by atoms with Crippen LogP contribution < -0.4 is 9.64 Å². The van der Waals surface area contributed by atoms with Crippen LogP contribution >= 0.6 is 15.9 Å². The zero-order valence-electron chi connectivity index (χ0n) is 14.1. The number of benzene rings is 3. The van der Waals surface area contributed by atoms with Gasteiger partial charge in [0.25, 0.3) is 5.91 Å². The maximum Gasteiger partial charge on any atom is 0.258 e. The van der Waals surface area contributed by atoms with Crippen LogP contribution in [0.25, 0.3) is 11.6 Å². The van der Waals surface area contributed by atoms with Crippen molar-refractivity contribution in [1.29, 1.82) is 0 Å². The monoisotopic (exact) mass is 405 g/mol. The second-order valence-electron chi connectivity index (χ2n) is 6.07.